The Balaban J connectivity index is 1.02. The number of aromatic nitrogens is 2. The molecule has 1 saturated heterocycles. The van der Waals surface area contributed by atoms with E-state index < -0.39 is 23.9 Å². The van der Waals surface area contributed by atoms with Crippen LogP contribution in [0.25, 0.3) is 28.2 Å². The minimum atomic E-state index is -4.51. The molecule has 2 unspecified atom stereocenters. The number of hydrogen-bond donors (Lipinski definition) is 1. The summed E-state index contributed by atoms with van der Waals surface area (Å²) < 4.78 is 66.5. The first-order valence-corrected chi connectivity index (χ1v) is 15.2. The minimum Gasteiger partial charge on any atom is -0.489 e. The summed E-state index contributed by atoms with van der Waals surface area (Å²) in [6, 6.07) is 12.5. The third kappa shape index (κ3) is 5.11. The van der Waals surface area contributed by atoms with Crippen molar-refractivity contribution in [1.29, 1.82) is 0 Å². The smallest absolute Gasteiger partial charge is 0.417 e. The second-order valence-corrected chi connectivity index (χ2v) is 12.6. The standard InChI is InChI=1S/C34H29F4N3O4/c35-18-11-20(12-18)44-30-14-29(33(42)43)39-28-10-7-19(13-24(28)30)41-15-25-21(26(25)16-41)8-9-23-31(40-45-32(23)17-5-6-17)22-3-1-2-4-27(22)34(36,37)38/h1-4,7-10,13-14,17-18,20-21,25-26H,5-6,11-12,15-16H2,(H,42,43)/b9-8+/t18-,20-,21?,25?,26?. The molecule has 2 aromatic carbocycles. The molecule has 45 heavy (non-hydrogen) atoms. The number of nitrogens with zero attached hydrogens (tertiary/aromatic N) is 3. The maximum absolute atomic E-state index is 13.8. The molecule has 0 spiro atoms. The number of pyridine rings is 1. The van der Waals surface area contributed by atoms with Crippen LogP contribution in [-0.2, 0) is 6.18 Å². The molecule has 3 saturated carbocycles. The zero-order valence-corrected chi connectivity index (χ0v) is 24.0. The number of alkyl halides is 4. The average molecular weight is 620 g/mol. The van der Waals surface area contributed by atoms with Gasteiger partial charge in [0.15, 0.2) is 5.69 Å². The summed E-state index contributed by atoms with van der Waals surface area (Å²) in [7, 11) is 0. The van der Waals surface area contributed by atoms with Gasteiger partial charge in [-0.05, 0) is 54.9 Å². The highest BCUT2D eigenvalue weighted by Crippen LogP contribution is 2.54. The van der Waals surface area contributed by atoms with Crippen LogP contribution < -0.4 is 9.64 Å². The predicted molar refractivity (Wildman–Crippen MR) is 158 cm³/mol. The first-order valence-electron chi connectivity index (χ1n) is 15.2. The van der Waals surface area contributed by atoms with E-state index in [0.29, 0.717) is 45.7 Å². The third-order valence-corrected chi connectivity index (χ3v) is 9.61. The summed E-state index contributed by atoms with van der Waals surface area (Å²) in [5.41, 5.74) is 1.49. The van der Waals surface area contributed by atoms with Crippen LogP contribution in [0.1, 0.15) is 59.0 Å². The lowest BCUT2D eigenvalue weighted by molar-refractivity contribution is -0.137. The first-order chi connectivity index (χ1) is 21.6. The minimum absolute atomic E-state index is 0.0221. The van der Waals surface area contributed by atoms with Gasteiger partial charge in [0, 0.05) is 60.1 Å². The van der Waals surface area contributed by atoms with Crippen LogP contribution in [-0.4, -0.2) is 46.6 Å². The fourth-order valence-electron chi connectivity index (χ4n) is 6.88. The van der Waals surface area contributed by atoms with Gasteiger partial charge >= 0.3 is 12.1 Å². The summed E-state index contributed by atoms with van der Waals surface area (Å²) in [5.74, 6) is 1.16. The number of carboxylic acid groups (broad SMARTS) is 1. The quantitative estimate of drug-likeness (QED) is 0.202. The number of allylic oxidation sites excluding steroid dienone is 1. The molecule has 4 aromatic rings. The summed E-state index contributed by atoms with van der Waals surface area (Å²) in [5, 5.41) is 14.3. The van der Waals surface area contributed by atoms with Crippen molar-refractivity contribution in [2.75, 3.05) is 18.0 Å². The molecule has 232 valence electrons. The van der Waals surface area contributed by atoms with Gasteiger partial charge in [-0.25, -0.2) is 14.2 Å². The lowest BCUT2D eigenvalue weighted by atomic mass is 9.93. The van der Waals surface area contributed by atoms with E-state index in [9.17, 15) is 27.5 Å². The van der Waals surface area contributed by atoms with Gasteiger partial charge in [0.1, 0.15) is 29.5 Å². The van der Waals surface area contributed by atoms with E-state index in [2.05, 4.69) is 21.1 Å². The SMILES string of the molecule is O=C(O)c1cc(O[C@H]2C[C@H](F)C2)c2cc(N3CC4C(/C=C/c5c(-c6ccccc6C(F)(F)F)noc5C5CC5)C4C3)ccc2n1. The van der Waals surface area contributed by atoms with Crippen molar-refractivity contribution in [3.8, 4) is 17.0 Å². The van der Waals surface area contributed by atoms with E-state index in [4.69, 9.17) is 9.26 Å². The molecular formula is C34H29F4N3O4. The molecule has 3 heterocycles. The number of aromatic carboxylic acids is 1. The predicted octanol–water partition coefficient (Wildman–Crippen LogP) is 7.76. The maximum Gasteiger partial charge on any atom is 0.417 e. The van der Waals surface area contributed by atoms with Crippen LogP contribution >= 0.6 is 0 Å². The lowest BCUT2D eigenvalue weighted by Gasteiger charge is -2.30. The molecule has 7 nitrogen and oxygen atoms in total. The third-order valence-electron chi connectivity index (χ3n) is 9.61. The van der Waals surface area contributed by atoms with E-state index in [-0.39, 0.29) is 41.8 Å². The van der Waals surface area contributed by atoms with Crippen molar-refractivity contribution >= 4 is 28.6 Å². The van der Waals surface area contributed by atoms with Gasteiger partial charge in [-0.15, -0.1) is 0 Å². The van der Waals surface area contributed by atoms with Gasteiger partial charge in [0.25, 0.3) is 0 Å². The van der Waals surface area contributed by atoms with E-state index in [0.717, 1.165) is 37.7 Å². The maximum atomic E-state index is 13.8. The Morgan fingerprint density at radius 3 is 2.51 bits per heavy atom. The summed E-state index contributed by atoms with van der Waals surface area (Å²) >= 11 is 0. The topological polar surface area (TPSA) is 88.7 Å². The molecule has 2 atom stereocenters. The number of rotatable bonds is 8. The number of carbonyl (C=O) groups is 1. The van der Waals surface area contributed by atoms with E-state index in [1.807, 2.05) is 18.2 Å². The summed E-state index contributed by atoms with van der Waals surface area (Å²) in [6.45, 7) is 1.61. The molecule has 11 heteroatoms. The number of fused-ring (bicyclic) bond motifs is 2. The van der Waals surface area contributed by atoms with Crippen molar-refractivity contribution in [2.45, 2.75) is 50.1 Å². The van der Waals surface area contributed by atoms with Crippen molar-refractivity contribution in [1.82, 2.24) is 10.1 Å². The highest BCUT2D eigenvalue weighted by Gasteiger charge is 2.54. The number of hydrogen-bond acceptors (Lipinski definition) is 6. The van der Waals surface area contributed by atoms with Gasteiger partial charge in [0.2, 0.25) is 0 Å². The number of halogens is 4. The largest absolute Gasteiger partial charge is 0.489 e. The van der Waals surface area contributed by atoms with Crippen LogP contribution in [0.3, 0.4) is 0 Å². The first kappa shape index (κ1) is 28.1. The van der Waals surface area contributed by atoms with Crippen LogP contribution in [0.4, 0.5) is 23.2 Å². The van der Waals surface area contributed by atoms with Crippen molar-refractivity contribution in [3.63, 3.8) is 0 Å². The number of piperidine rings is 1. The highest BCUT2D eigenvalue weighted by molar-refractivity contribution is 5.94. The number of carboxylic acids is 1. The van der Waals surface area contributed by atoms with Crippen molar-refractivity contribution in [2.24, 2.45) is 17.8 Å². The van der Waals surface area contributed by atoms with E-state index >= 15 is 0 Å². The fourth-order valence-corrected chi connectivity index (χ4v) is 6.88. The Labute approximate surface area is 255 Å². The van der Waals surface area contributed by atoms with E-state index in [1.54, 1.807) is 12.1 Å². The Morgan fingerprint density at radius 1 is 1.07 bits per heavy atom. The van der Waals surface area contributed by atoms with Crippen LogP contribution in [0, 0.1) is 17.8 Å². The molecule has 1 N–H and O–H groups in total. The molecule has 0 bridgehead atoms. The van der Waals surface area contributed by atoms with E-state index in [1.165, 1.54) is 18.2 Å². The van der Waals surface area contributed by atoms with Gasteiger partial charge in [0.05, 0.1) is 11.1 Å². The summed E-state index contributed by atoms with van der Waals surface area (Å²) in [4.78, 5) is 18.2. The van der Waals surface area contributed by atoms with Crippen LogP contribution in [0.5, 0.6) is 5.75 Å². The van der Waals surface area contributed by atoms with Crippen molar-refractivity contribution in [3.05, 3.63) is 77.2 Å². The number of ether oxygens (including phenoxy) is 1. The molecule has 4 aliphatic rings. The van der Waals surface area contributed by atoms with Crippen LogP contribution in [0.2, 0.25) is 0 Å². The monoisotopic (exact) mass is 619 g/mol. The Kier molecular flexibility index (Phi) is 6.44. The van der Waals surface area contributed by atoms with Crippen molar-refractivity contribution < 1.29 is 36.7 Å². The molecule has 4 fully saturated rings. The molecule has 1 aliphatic heterocycles. The molecule has 0 amide bonds. The molecule has 2 aromatic heterocycles. The van der Waals surface area contributed by atoms with Gasteiger partial charge in [-0.3, -0.25) is 0 Å². The molecule has 3 aliphatic carbocycles. The molecule has 8 rings (SSSR count). The number of benzene rings is 2. The second kappa shape index (κ2) is 10.3. The Hall–Kier alpha value is -4.41. The zero-order valence-electron chi connectivity index (χ0n) is 24.0. The molecule has 0 radical (unpaired) electrons. The Morgan fingerprint density at radius 2 is 1.82 bits per heavy atom. The normalized spacial score (nSPS) is 25.9. The van der Waals surface area contributed by atoms with Crippen LogP contribution in [0.15, 0.2) is 59.1 Å². The second-order valence-electron chi connectivity index (χ2n) is 12.6. The zero-order chi connectivity index (χ0) is 31.0. The van der Waals surface area contributed by atoms with Gasteiger partial charge in [-0.1, -0.05) is 35.5 Å². The fraction of sp³-hybridized carbons (Fsp3) is 0.382. The van der Waals surface area contributed by atoms with Gasteiger partial charge in [-0.2, -0.15) is 13.2 Å². The van der Waals surface area contributed by atoms with Gasteiger partial charge < -0.3 is 19.3 Å². The number of anilines is 1. The highest BCUT2D eigenvalue weighted by atomic mass is 19.4. The average Bonchev–Trinajstić information content (AvgIpc) is 3.86. The Bertz CT molecular complexity index is 1830. The summed E-state index contributed by atoms with van der Waals surface area (Å²) in [6.07, 6.45) is 0.739. The lowest BCUT2D eigenvalue weighted by Crippen LogP contribution is -2.35. The molecular weight excluding hydrogens is 590 g/mol.